The maximum atomic E-state index is 8.12. The summed E-state index contributed by atoms with van der Waals surface area (Å²) in [5.74, 6) is 0.710. The molecular formula is C23H25NO2. The van der Waals surface area contributed by atoms with Crippen molar-refractivity contribution in [2.24, 2.45) is 5.92 Å². The molecule has 2 aromatic carbocycles. The van der Waals surface area contributed by atoms with E-state index in [4.69, 9.17) is 15.3 Å². The highest BCUT2D eigenvalue weighted by Gasteiger charge is 2.29. The van der Waals surface area contributed by atoms with Crippen LogP contribution in [-0.2, 0) is 16.0 Å². The third kappa shape index (κ3) is 3.63. The monoisotopic (exact) mass is 347 g/mol. The van der Waals surface area contributed by atoms with E-state index in [1.165, 1.54) is 59.9 Å². The third-order valence-corrected chi connectivity index (χ3v) is 5.54. The lowest BCUT2D eigenvalue weighted by Gasteiger charge is -2.25. The fourth-order valence-electron chi connectivity index (χ4n) is 4.45. The summed E-state index contributed by atoms with van der Waals surface area (Å²) in [6, 6.07) is 15.4. The largest absolute Gasteiger partial charge is 0.398 e. The van der Waals surface area contributed by atoms with Gasteiger partial charge in [-0.05, 0) is 60.4 Å². The molecule has 0 amide bonds. The molecule has 2 aliphatic rings. The summed E-state index contributed by atoms with van der Waals surface area (Å²) in [6.45, 7) is 2.19. The van der Waals surface area contributed by atoms with E-state index in [1.54, 1.807) is 5.57 Å². The van der Waals surface area contributed by atoms with E-state index in [9.17, 15) is 0 Å². The standard InChI is InChI=1S/C22H25N.CO2/c1-15-11-12-18-17(13-15)14-20(19-9-5-6-10-21(19)23)22(18)16-7-3-2-4-8-16;2-1-3/h5-6,9-13,16H,2-4,7-8,14,23H2,1H3;. The summed E-state index contributed by atoms with van der Waals surface area (Å²) in [5, 5.41) is 0. The number of fused-ring (bicyclic) bond motifs is 1. The smallest absolute Gasteiger partial charge is 0.373 e. The number of rotatable bonds is 2. The summed E-state index contributed by atoms with van der Waals surface area (Å²) in [4.78, 5) is 16.2. The molecular weight excluding hydrogens is 322 g/mol. The lowest BCUT2D eigenvalue weighted by molar-refractivity contribution is -0.191. The van der Waals surface area contributed by atoms with Gasteiger partial charge >= 0.3 is 6.15 Å². The molecule has 0 unspecified atom stereocenters. The van der Waals surface area contributed by atoms with Crippen molar-refractivity contribution >= 4 is 23.0 Å². The number of hydrogen-bond acceptors (Lipinski definition) is 3. The SMILES string of the molecule is Cc1ccc2c(c1)CC(c1ccccc1N)=C2C1CCCCC1.O=C=O. The predicted octanol–water partition coefficient (Wildman–Crippen LogP) is 5.04. The highest BCUT2D eigenvalue weighted by Crippen LogP contribution is 2.47. The van der Waals surface area contributed by atoms with Gasteiger partial charge < -0.3 is 5.73 Å². The minimum atomic E-state index is 0.250. The number of benzene rings is 2. The first-order valence-electron chi connectivity index (χ1n) is 9.32. The van der Waals surface area contributed by atoms with Crippen molar-refractivity contribution < 1.29 is 9.59 Å². The molecule has 1 saturated carbocycles. The van der Waals surface area contributed by atoms with Crippen LogP contribution in [0.25, 0.3) is 11.1 Å². The van der Waals surface area contributed by atoms with Gasteiger partial charge in [-0.15, -0.1) is 0 Å². The van der Waals surface area contributed by atoms with E-state index in [-0.39, 0.29) is 6.15 Å². The van der Waals surface area contributed by atoms with Crippen LogP contribution in [0.3, 0.4) is 0 Å². The van der Waals surface area contributed by atoms with Crippen LogP contribution < -0.4 is 5.73 Å². The Morgan fingerprint density at radius 2 is 1.65 bits per heavy atom. The molecule has 2 aliphatic carbocycles. The molecule has 0 aliphatic heterocycles. The summed E-state index contributed by atoms with van der Waals surface area (Å²) in [5.41, 5.74) is 15.9. The number of nitrogen functional groups attached to an aromatic ring is 1. The Hall–Kier alpha value is -2.64. The molecule has 134 valence electrons. The van der Waals surface area contributed by atoms with Crippen molar-refractivity contribution in [1.29, 1.82) is 0 Å². The van der Waals surface area contributed by atoms with Crippen LogP contribution in [0.1, 0.15) is 54.4 Å². The van der Waals surface area contributed by atoms with Crippen LogP contribution in [-0.4, -0.2) is 6.15 Å². The third-order valence-electron chi connectivity index (χ3n) is 5.54. The van der Waals surface area contributed by atoms with Gasteiger partial charge in [0.2, 0.25) is 0 Å². The maximum absolute atomic E-state index is 8.12. The number of para-hydroxylation sites is 1. The molecule has 2 N–H and O–H groups in total. The number of allylic oxidation sites excluding steroid dienone is 2. The van der Waals surface area contributed by atoms with Crippen molar-refractivity contribution in [2.45, 2.75) is 45.4 Å². The molecule has 26 heavy (non-hydrogen) atoms. The molecule has 0 atom stereocenters. The second-order valence-corrected chi connectivity index (χ2v) is 7.24. The molecule has 0 radical (unpaired) electrons. The number of carbonyl (C=O) groups excluding carboxylic acids is 2. The van der Waals surface area contributed by atoms with E-state index >= 15 is 0 Å². The van der Waals surface area contributed by atoms with Gasteiger partial charge in [0.05, 0.1) is 0 Å². The molecule has 4 rings (SSSR count). The van der Waals surface area contributed by atoms with E-state index in [2.05, 4.69) is 37.3 Å². The van der Waals surface area contributed by atoms with Crippen LogP contribution in [0.15, 0.2) is 42.5 Å². The Labute approximate surface area is 154 Å². The molecule has 0 aromatic heterocycles. The normalized spacial score (nSPS) is 16.5. The molecule has 0 spiro atoms. The van der Waals surface area contributed by atoms with Crippen molar-refractivity contribution in [2.75, 3.05) is 5.73 Å². The van der Waals surface area contributed by atoms with Gasteiger partial charge in [0.15, 0.2) is 0 Å². The number of nitrogens with two attached hydrogens (primary N) is 1. The fourth-order valence-corrected chi connectivity index (χ4v) is 4.45. The molecule has 2 aromatic rings. The lowest BCUT2D eigenvalue weighted by Crippen LogP contribution is -2.09. The molecule has 0 bridgehead atoms. The Morgan fingerprint density at radius 1 is 0.962 bits per heavy atom. The first-order chi connectivity index (χ1) is 12.7. The topological polar surface area (TPSA) is 60.2 Å². The fraction of sp³-hybridized carbons (Fsp3) is 0.348. The zero-order valence-electron chi connectivity index (χ0n) is 15.3. The summed E-state index contributed by atoms with van der Waals surface area (Å²) < 4.78 is 0. The van der Waals surface area contributed by atoms with Gasteiger partial charge in [0.25, 0.3) is 0 Å². The molecule has 0 saturated heterocycles. The summed E-state index contributed by atoms with van der Waals surface area (Å²) in [6.07, 6.45) is 8.09. The Bertz CT molecular complexity index is 854. The van der Waals surface area contributed by atoms with Gasteiger partial charge in [-0.1, -0.05) is 61.2 Å². The first kappa shape index (κ1) is 18.2. The van der Waals surface area contributed by atoms with E-state index < -0.39 is 0 Å². The van der Waals surface area contributed by atoms with Crippen molar-refractivity contribution in [3.8, 4) is 0 Å². The minimum Gasteiger partial charge on any atom is -0.398 e. The van der Waals surface area contributed by atoms with Crippen molar-refractivity contribution in [3.05, 3.63) is 64.7 Å². The van der Waals surface area contributed by atoms with E-state index in [0.717, 1.165) is 12.1 Å². The van der Waals surface area contributed by atoms with Crippen molar-refractivity contribution in [3.63, 3.8) is 0 Å². The summed E-state index contributed by atoms with van der Waals surface area (Å²) in [7, 11) is 0. The van der Waals surface area contributed by atoms with E-state index in [0.29, 0.717) is 5.92 Å². The first-order valence-corrected chi connectivity index (χ1v) is 9.32. The molecule has 1 fully saturated rings. The van der Waals surface area contributed by atoms with Gasteiger partial charge in [-0.3, -0.25) is 0 Å². The second kappa shape index (κ2) is 8.16. The quantitative estimate of drug-likeness (QED) is 0.774. The second-order valence-electron chi connectivity index (χ2n) is 7.24. The number of anilines is 1. The number of hydrogen-bond donors (Lipinski definition) is 1. The molecule has 3 nitrogen and oxygen atoms in total. The van der Waals surface area contributed by atoms with Crippen LogP contribution in [0.5, 0.6) is 0 Å². The van der Waals surface area contributed by atoms with Gasteiger partial charge in [0, 0.05) is 11.3 Å². The van der Waals surface area contributed by atoms with Crippen LogP contribution in [0.4, 0.5) is 5.69 Å². The highest BCUT2D eigenvalue weighted by atomic mass is 16.2. The Morgan fingerprint density at radius 3 is 2.35 bits per heavy atom. The maximum Gasteiger partial charge on any atom is 0.373 e. The Balaban J connectivity index is 0.000000613. The van der Waals surface area contributed by atoms with E-state index in [1.807, 2.05) is 12.1 Å². The minimum absolute atomic E-state index is 0.250. The zero-order chi connectivity index (χ0) is 18.5. The lowest BCUT2D eigenvalue weighted by atomic mass is 9.79. The van der Waals surface area contributed by atoms with Crippen LogP contribution >= 0.6 is 0 Å². The van der Waals surface area contributed by atoms with Gasteiger partial charge in [-0.25, -0.2) is 0 Å². The zero-order valence-corrected chi connectivity index (χ0v) is 15.3. The summed E-state index contributed by atoms with van der Waals surface area (Å²) >= 11 is 0. The van der Waals surface area contributed by atoms with Gasteiger partial charge in [-0.2, -0.15) is 9.59 Å². The number of aryl methyl sites for hydroxylation is 1. The van der Waals surface area contributed by atoms with Crippen molar-refractivity contribution in [1.82, 2.24) is 0 Å². The van der Waals surface area contributed by atoms with Crippen LogP contribution in [0, 0.1) is 12.8 Å². The predicted molar refractivity (Wildman–Crippen MR) is 104 cm³/mol. The molecule has 0 heterocycles. The van der Waals surface area contributed by atoms with Gasteiger partial charge in [0.1, 0.15) is 0 Å². The Kier molecular flexibility index (Phi) is 5.70. The average Bonchev–Trinajstić information content (AvgIpc) is 3.01. The molecule has 3 heteroatoms. The van der Waals surface area contributed by atoms with Crippen LogP contribution in [0.2, 0.25) is 0 Å². The highest BCUT2D eigenvalue weighted by molar-refractivity contribution is 6.00. The average molecular weight is 347 g/mol.